The zero-order valence-electron chi connectivity index (χ0n) is 12.2. The summed E-state index contributed by atoms with van der Waals surface area (Å²) in [5, 5.41) is 3.03. The number of anilines is 2. The van der Waals surface area contributed by atoms with Gasteiger partial charge in [-0.15, -0.1) is 11.3 Å². The molecule has 0 unspecified atom stereocenters. The lowest BCUT2D eigenvalue weighted by atomic mass is 10.3. The average Bonchev–Trinajstić information content (AvgIpc) is 2.77. The molecule has 1 rings (SSSR count). The number of hydrogen-bond donors (Lipinski definition) is 2. The Morgan fingerprint density at radius 1 is 1.30 bits per heavy atom. The lowest BCUT2D eigenvalue weighted by Gasteiger charge is -2.20. The smallest absolute Gasteiger partial charge is 0.263 e. The Morgan fingerprint density at radius 2 is 1.85 bits per heavy atom. The van der Waals surface area contributed by atoms with Gasteiger partial charge in [-0.2, -0.15) is 0 Å². The highest BCUT2D eigenvalue weighted by molar-refractivity contribution is 7.92. The minimum atomic E-state index is -3.48. The highest BCUT2D eigenvalue weighted by atomic mass is 32.2. The second-order valence-corrected chi connectivity index (χ2v) is 7.35. The third-order valence-electron chi connectivity index (χ3n) is 3.06. The van der Waals surface area contributed by atoms with Crippen LogP contribution in [0.25, 0.3) is 0 Å². The first-order valence-corrected chi connectivity index (χ1v) is 8.92. The molecule has 0 aliphatic heterocycles. The Bertz CT molecular complexity index is 589. The SMILES string of the molecule is CCN(CC)c1sc(C(=O)NC)c(N)c1S(=O)(=O)CC. The number of carbonyl (C=O) groups is 1. The molecule has 0 fully saturated rings. The fraction of sp³-hybridized carbons (Fsp3) is 0.583. The Morgan fingerprint density at radius 3 is 2.25 bits per heavy atom. The van der Waals surface area contributed by atoms with Crippen LogP contribution >= 0.6 is 11.3 Å². The van der Waals surface area contributed by atoms with Gasteiger partial charge in [-0.3, -0.25) is 4.79 Å². The first kappa shape index (κ1) is 16.8. The van der Waals surface area contributed by atoms with E-state index in [1.165, 1.54) is 7.05 Å². The molecule has 0 spiro atoms. The van der Waals surface area contributed by atoms with Crippen LogP contribution in [-0.4, -0.2) is 40.2 Å². The third kappa shape index (κ3) is 2.90. The molecule has 0 atom stereocenters. The number of rotatable bonds is 6. The van der Waals surface area contributed by atoms with Crippen LogP contribution in [0.2, 0.25) is 0 Å². The van der Waals surface area contributed by atoms with Crippen LogP contribution in [0.1, 0.15) is 30.4 Å². The Kier molecular flexibility index (Phi) is 5.41. The lowest BCUT2D eigenvalue weighted by molar-refractivity contribution is 0.0968. The number of nitrogens with zero attached hydrogens (tertiary/aromatic N) is 1. The van der Waals surface area contributed by atoms with Crippen molar-refractivity contribution in [1.82, 2.24) is 5.32 Å². The van der Waals surface area contributed by atoms with Crippen LogP contribution in [0.3, 0.4) is 0 Å². The van der Waals surface area contributed by atoms with Crippen LogP contribution in [0.15, 0.2) is 4.90 Å². The van der Waals surface area contributed by atoms with Crippen LogP contribution in [0, 0.1) is 0 Å². The molecule has 0 aliphatic rings. The number of thiophene rings is 1. The average molecular weight is 319 g/mol. The predicted octanol–water partition coefficient (Wildman–Crippen LogP) is 1.33. The predicted molar refractivity (Wildman–Crippen MR) is 83.4 cm³/mol. The van der Waals surface area contributed by atoms with Crippen molar-refractivity contribution < 1.29 is 13.2 Å². The minimum Gasteiger partial charge on any atom is -0.396 e. The van der Waals surface area contributed by atoms with E-state index in [1.54, 1.807) is 6.92 Å². The number of amides is 1. The highest BCUT2D eigenvalue weighted by Crippen LogP contribution is 2.41. The Labute approximate surface area is 123 Å². The van der Waals surface area contributed by atoms with Gasteiger partial charge in [-0.25, -0.2) is 8.42 Å². The van der Waals surface area contributed by atoms with Gasteiger partial charge in [0.15, 0.2) is 9.84 Å². The summed E-state index contributed by atoms with van der Waals surface area (Å²) in [5.74, 6) is -0.409. The van der Waals surface area contributed by atoms with Gasteiger partial charge in [-0.05, 0) is 13.8 Å². The van der Waals surface area contributed by atoms with Crippen LogP contribution in [0.4, 0.5) is 10.7 Å². The van der Waals surface area contributed by atoms with Crippen LogP contribution in [-0.2, 0) is 9.84 Å². The molecular weight excluding hydrogens is 298 g/mol. The van der Waals surface area contributed by atoms with E-state index in [0.717, 1.165) is 11.3 Å². The van der Waals surface area contributed by atoms with Crippen molar-refractivity contribution in [3.8, 4) is 0 Å². The van der Waals surface area contributed by atoms with Crippen molar-refractivity contribution in [3.05, 3.63) is 4.88 Å². The molecule has 20 heavy (non-hydrogen) atoms. The van der Waals surface area contributed by atoms with Gasteiger partial charge in [-0.1, -0.05) is 6.92 Å². The number of hydrogen-bond acceptors (Lipinski definition) is 6. The first-order valence-electron chi connectivity index (χ1n) is 6.45. The van der Waals surface area contributed by atoms with Gasteiger partial charge in [0.05, 0.1) is 11.4 Å². The van der Waals surface area contributed by atoms with E-state index in [-0.39, 0.29) is 27.1 Å². The molecular formula is C12H21N3O3S2. The summed E-state index contributed by atoms with van der Waals surface area (Å²) in [4.78, 5) is 14.1. The monoisotopic (exact) mass is 319 g/mol. The van der Waals surface area contributed by atoms with E-state index in [0.29, 0.717) is 18.1 Å². The molecule has 6 nitrogen and oxygen atoms in total. The number of sulfone groups is 1. The molecule has 0 bridgehead atoms. The van der Waals surface area contributed by atoms with Crippen molar-refractivity contribution in [2.75, 3.05) is 36.5 Å². The molecule has 1 aromatic heterocycles. The summed E-state index contributed by atoms with van der Waals surface area (Å²) >= 11 is 1.13. The molecule has 8 heteroatoms. The van der Waals surface area contributed by atoms with E-state index in [2.05, 4.69) is 5.32 Å². The van der Waals surface area contributed by atoms with Crippen LogP contribution < -0.4 is 16.0 Å². The zero-order chi connectivity index (χ0) is 15.5. The van der Waals surface area contributed by atoms with Crippen molar-refractivity contribution in [3.63, 3.8) is 0 Å². The second-order valence-electron chi connectivity index (χ2n) is 4.13. The van der Waals surface area contributed by atoms with Gasteiger partial charge in [0.2, 0.25) is 0 Å². The molecule has 0 radical (unpaired) electrons. The largest absolute Gasteiger partial charge is 0.396 e. The maximum Gasteiger partial charge on any atom is 0.263 e. The summed E-state index contributed by atoms with van der Waals surface area (Å²) in [5.41, 5.74) is 5.99. The topological polar surface area (TPSA) is 92.5 Å². The highest BCUT2D eigenvalue weighted by Gasteiger charge is 2.30. The molecule has 1 aromatic rings. The fourth-order valence-corrected chi connectivity index (χ4v) is 4.74. The zero-order valence-corrected chi connectivity index (χ0v) is 13.8. The summed E-state index contributed by atoms with van der Waals surface area (Å²) in [6.07, 6.45) is 0. The van der Waals surface area contributed by atoms with Crippen molar-refractivity contribution in [2.24, 2.45) is 0 Å². The number of nitrogens with two attached hydrogens (primary N) is 1. The van der Waals surface area contributed by atoms with E-state index in [9.17, 15) is 13.2 Å². The quantitative estimate of drug-likeness (QED) is 0.825. The summed E-state index contributed by atoms with van der Waals surface area (Å²) in [6.45, 7) is 6.73. The molecule has 1 amide bonds. The van der Waals surface area contributed by atoms with Crippen molar-refractivity contribution in [2.45, 2.75) is 25.7 Å². The van der Waals surface area contributed by atoms with Gasteiger partial charge in [0.25, 0.3) is 5.91 Å². The molecule has 1 heterocycles. The van der Waals surface area contributed by atoms with Gasteiger partial charge in [0, 0.05) is 20.1 Å². The molecule has 0 saturated carbocycles. The van der Waals surface area contributed by atoms with E-state index in [1.807, 2.05) is 18.7 Å². The van der Waals surface area contributed by atoms with Crippen molar-refractivity contribution >= 4 is 37.8 Å². The van der Waals surface area contributed by atoms with Gasteiger partial charge < -0.3 is 16.0 Å². The number of nitrogens with one attached hydrogen (secondary N) is 1. The minimum absolute atomic E-state index is 0.0462. The summed E-state index contributed by atoms with van der Waals surface area (Å²) in [6, 6.07) is 0. The summed E-state index contributed by atoms with van der Waals surface area (Å²) < 4.78 is 24.5. The number of nitrogen functional groups attached to an aromatic ring is 1. The van der Waals surface area contributed by atoms with Crippen LogP contribution in [0.5, 0.6) is 0 Å². The summed E-state index contributed by atoms with van der Waals surface area (Å²) in [7, 11) is -1.99. The maximum atomic E-state index is 12.3. The molecule has 114 valence electrons. The number of carbonyl (C=O) groups excluding carboxylic acids is 1. The first-order chi connectivity index (χ1) is 9.33. The van der Waals surface area contributed by atoms with Gasteiger partial charge >= 0.3 is 0 Å². The molecule has 0 aromatic carbocycles. The van der Waals surface area contributed by atoms with Crippen molar-refractivity contribution in [1.29, 1.82) is 0 Å². The maximum absolute atomic E-state index is 12.3. The van der Waals surface area contributed by atoms with E-state index < -0.39 is 9.84 Å². The Balaban J connectivity index is 3.61. The normalized spacial score (nSPS) is 11.4. The Hall–Kier alpha value is -1.28. The standard InChI is InChI=1S/C12H21N3O3S2/c1-5-15(6-2)12-10(20(17,18)7-3)8(13)9(19-12)11(16)14-4/h5-7,13H2,1-4H3,(H,14,16). The van der Waals surface area contributed by atoms with Gasteiger partial charge in [0.1, 0.15) is 14.8 Å². The third-order valence-corrected chi connectivity index (χ3v) is 6.25. The molecule has 0 aliphatic carbocycles. The molecule has 3 N–H and O–H groups in total. The molecule has 0 saturated heterocycles. The van der Waals surface area contributed by atoms with E-state index >= 15 is 0 Å². The second kappa shape index (κ2) is 6.45. The lowest BCUT2D eigenvalue weighted by Crippen LogP contribution is -2.23. The van der Waals surface area contributed by atoms with E-state index in [4.69, 9.17) is 5.73 Å². The fourth-order valence-electron chi connectivity index (χ4n) is 1.86.